The topological polar surface area (TPSA) is 42.9 Å². The van der Waals surface area contributed by atoms with Crippen molar-refractivity contribution in [1.29, 1.82) is 0 Å². The molecule has 0 unspecified atom stereocenters. The first-order valence-electron chi connectivity index (χ1n) is 9.36. The van der Waals surface area contributed by atoms with E-state index < -0.39 is 0 Å². The average Bonchev–Trinajstić information content (AvgIpc) is 2.70. The number of guanidine groups is 1. The van der Waals surface area contributed by atoms with Gasteiger partial charge in [-0.2, -0.15) is 0 Å². The molecular weight excluding hydrogens is 358 g/mol. The van der Waals surface area contributed by atoms with Crippen molar-refractivity contribution in [3.05, 3.63) is 64.7 Å². The predicted molar refractivity (Wildman–Crippen MR) is 115 cm³/mol. The number of benzene rings is 2. The molecule has 0 radical (unpaired) electrons. The van der Waals surface area contributed by atoms with Crippen molar-refractivity contribution < 1.29 is 0 Å². The van der Waals surface area contributed by atoms with Gasteiger partial charge in [0.2, 0.25) is 0 Å². The summed E-state index contributed by atoms with van der Waals surface area (Å²) in [6.07, 6.45) is 0. The van der Waals surface area contributed by atoms with Crippen molar-refractivity contribution >= 4 is 23.2 Å². The van der Waals surface area contributed by atoms with Crippen LogP contribution in [0.2, 0.25) is 5.02 Å². The summed E-state index contributed by atoms with van der Waals surface area (Å²) in [4.78, 5) is 9.11. The molecule has 1 fully saturated rings. The molecule has 3 rings (SSSR count). The highest BCUT2D eigenvalue weighted by molar-refractivity contribution is 6.31. The number of hydrogen-bond donors (Lipinski definition) is 2. The number of piperazine rings is 1. The third kappa shape index (κ3) is 5.37. The molecule has 0 aliphatic carbocycles. The second-order valence-corrected chi connectivity index (χ2v) is 7.20. The smallest absolute Gasteiger partial charge is 0.191 e. The minimum absolute atomic E-state index is 0.635. The second-order valence-electron chi connectivity index (χ2n) is 6.79. The van der Waals surface area contributed by atoms with Crippen molar-refractivity contribution in [2.75, 3.05) is 45.2 Å². The van der Waals surface area contributed by atoms with Crippen LogP contribution in [0, 0.1) is 0 Å². The zero-order valence-corrected chi connectivity index (χ0v) is 16.8. The van der Waals surface area contributed by atoms with Gasteiger partial charge in [0.05, 0.1) is 0 Å². The fourth-order valence-corrected chi connectivity index (χ4v) is 3.48. The van der Waals surface area contributed by atoms with Gasteiger partial charge in [0, 0.05) is 62.6 Å². The van der Waals surface area contributed by atoms with E-state index in [1.165, 1.54) is 11.3 Å². The lowest BCUT2D eigenvalue weighted by Crippen LogP contribution is -2.45. The minimum atomic E-state index is 0.635. The summed E-state index contributed by atoms with van der Waals surface area (Å²) in [5.74, 6) is 0.767. The summed E-state index contributed by atoms with van der Waals surface area (Å²) in [7, 11) is 3.95. The molecule has 0 saturated carbocycles. The van der Waals surface area contributed by atoms with E-state index in [1.807, 2.05) is 30.3 Å². The Bertz CT molecular complexity index is 754. The van der Waals surface area contributed by atoms with E-state index in [-0.39, 0.29) is 0 Å². The molecule has 1 aliphatic heterocycles. The molecule has 6 heteroatoms. The van der Waals surface area contributed by atoms with Crippen LogP contribution in [0.15, 0.2) is 53.5 Å². The number of anilines is 1. The highest BCUT2D eigenvalue weighted by atomic mass is 35.5. The summed E-state index contributed by atoms with van der Waals surface area (Å²) in [5.41, 5.74) is 3.55. The lowest BCUT2D eigenvalue weighted by molar-refractivity contribution is 0.312. The van der Waals surface area contributed by atoms with Gasteiger partial charge in [0.1, 0.15) is 0 Å². The monoisotopic (exact) mass is 385 g/mol. The first-order chi connectivity index (χ1) is 13.2. The highest BCUT2D eigenvalue weighted by Crippen LogP contribution is 2.28. The molecule has 0 aromatic heterocycles. The van der Waals surface area contributed by atoms with Gasteiger partial charge in [-0.3, -0.25) is 4.99 Å². The first-order valence-corrected chi connectivity index (χ1v) is 9.74. The van der Waals surface area contributed by atoms with Crippen LogP contribution in [0.4, 0.5) is 5.69 Å². The standard InChI is InChI=1S/C21H28ClN5/c1-23-21(24-15-17-7-4-3-5-8-17)25-16-18-19(22)9-6-10-20(18)27-13-11-26(2)12-14-27/h3-10H,11-16H2,1-2H3,(H2,23,24,25). The number of aliphatic imine (C=N–C) groups is 1. The van der Waals surface area contributed by atoms with Crippen molar-refractivity contribution in [2.24, 2.45) is 4.99 Å². The van der Waals surface area contributed by atoms with Crippen LogP contribution in [-0.4, -0.2) is 51.1 Å². The van der Waals surface area contributed by atoms with Crippen LogP contribution in [0.3, 0.4) is 0 Å². The lowest BCUT2D eigenvalue weighted by atomic mass is 10.1. The van der Waals surface area contributed by atoms with E-state index in [2.05, 4.69) is 50.7 Å². The van der Waals surface area contributed by atoms with E-state index in [1.54, 1.807) is 7.05 Å². The molecule has 5 nitrogen and oxygen atoms in total. The van der Waals surface area contributed by atoms with Crippen molar-refractivity contribution in [2.45, 2.75) is 13.1 Å². The number of rotatable bonds is 5. The maximum absolute atomic E-state index is 6.54. The Kier molecular flexibility index (Phi) is 6.96. The molecule has 2 N–H and O–H groups in total. The van der Waals surface area contributed by atoms with Gasteiger partial charge < -0.3 is 20.4 Å². The van der Waals surface area contributed by atoms with Crippen LogP contribution >= 0.6 is 11.6 Å². The van der Waals surface area contributed by atoms with Crippen molar-refractivity contribution in [3.8, 4) is 0 Å². The Morgan fingerprint density at radius 1 is 0.963 bits per heavy atom. The van der Waals surface area contributed by atoms with E-state index >= 15 is 0 Å². The number of likely N-dealkylation sites (N-methyl/N-ethyl adjacent to an activating group) is 1. The number of halogens is 1. The fourth-order valence-electron chi connectivity index (χ4n) is 3.24. The molecule has 1 saturated heterocycles. The molecule has 1 aliphatic rings. The Labute approximate surface area is 167 Å². The summed E-state index contributed by atoms with van der Waals surface area (Å²) in [5, 5.41) is 7.55. The molecule has 27 heavy (non-hydrogen) atoms. The van der Waals surface area contributed by atoms with Crippen LogP contribution in [0.5, 0.6) is 0 Å². The first kappa shape index (κ1) is 19.5. The second kappa shape index (κ2) is 9.62. The van der Waals surface area contributed by atoms with Crippen LogP contribution < -0.4 is 15.5 Å². The Morgan fingerprint density at radius 3 is 2.37 bits per heavy atom. The average molecular weight is 386 g/mol. The van der Waals surface area contributed by atoms with Crippen LogP contribution in [0.25, 0.3) is 0 Å². The van der Waals surface area contributed by atoms with E-state index in [4.69, 9.17) is 11.6 Å². The van der Waals surface area contributed by atoms with Crippen LogP contribution in [0.1, 0.15) is 11.1 Å². The highest BCUT2D eigenvalue weighted by Gasteiger charge is 2.18. The number of nitrogens with zero attached hydrogens (tertiary/aromatic N) is 3. The van der Waals surface area contributed by atoms with Gasteiger partial charge in [-0.05, 0) is 24.7 Å². The number of nitrogens with one attached hydrogen (secondary N) is 2. The largest absolute Gasteiger partial charge is 0.369 e. The van der Waals surface area contributed by atoms with Gasteiger partial charge in [0.15, 0.2) is 5.96 Å². The lowest BCUT2D eigenvalue weighted by Gasteiger charge is -2.35. The molecule has 0 atom stereocenters. The van der Waals surface area contributed by atoms with Gasteiger partial charge in [-0.15, -0.1) is 0 Å². The summed E-state index contributed by atoms with van der Waals surface area (Å²) >= 11 is 6.54. The summed E-state index contributed by atoms with van der Waals surface area (Å²) in [6, 6.07) is 16.4. The number of hydrogen-bond acceptors (Lipinski definition) is 3. The maximum atomic E-state index is 6.54. The van der Waals surface area contributed by atoms with Gasteiger partial charge in [-0.25, -0.2) is 0 Å². The predicted octanol–water partition coefficient (Wildman–Crippen LogP) is 2.96. The Hall–Kier alpha value is -2.24. The van der Waals surface area contributed by atoms with Crippen molar-refractivity contribution in [1.82, 2.24) is 15.5 Å². The minimum Gasteiger partial charge on any atom is -0.369 e. The van der Waals surface area contributed by atoms with Crippen LogP contribution in [-0.2, 0) is 13.1 Å². The summed E-state index contributed by atoms with van der Waals surface area (Å²) in [6.45, 7) is 5.54. The van der Waals surface area contributed by atoms with E-state index in [0.717, 1.165) is 49.3 Å². The molecule has 2 aromatic rings. The third-order valence-electron chi connectivity index (χ3n) is 4.90. The molecule has 0 amide bonds. The van der Waals surface area contributed by atoms with Gasteiger partial charge >= 0.3 is 0 Å². The molecule has 1 heterocycles. The molecular formula is C21H28ClN5. The Balaban J connectivity index is 1.64. The molecule has 0 bridgehead atoms. The Morgan fingerprint density at radius 2 is 1.67 bits per heavy atom. The van der Waals surface area contributed by atoms with E-state index in [0.29, 0.717) is 6.54 Å². The van der Waals surface area contributed by atoms with E-state index in [9.17, 15) is 0 Å². The van der Waals surface area contributed by atoms with Crippen molar-refractivity contribution in [3.63, 3.8) is 0 Å². The molecule has 144 valence electrons. The zero-order valence-electron chi connectivity index (χ0n) is 16.1. The van der Waals surface area contributed by atoms with Gasteiger partial charge in [-0.1, -0.05) is 48.0 Å². The fraction of sp³-hybridized carbons (Fsp3) is 0.381. The molecule has 0 spiro atoms. The quantitative estimate of drug-likeness (QED) is 0.613. The molecule has 2 aromatic carbocycles. The van der Waals surface area contributed by atoms with Gasteiger partial charge in [0.25, 0.3) is 0 Å². The normalized spacial score (nSPS) is 15.7. The zero-order chi connectivity index (χ0) is 19.1. The summed E-state index contributed by atoms with van der Waals surface area (Å²) < 4.78 is 0. The third-order valence-corrected chi connectivity index (χ3v) is 5.25. The SMILES string of the molecule is CN=C(NCc1ccccc1)NCc1c(Cl)cccc1N1CCN(C)CC1. The maximum Gasteiger partial charge on any atom is 0.191 e.